The highest BCUT2D eigenvalue weighted by Crippen LogP contribution is 2.28. The van der Waals surface area contributed by atoms with Crippen LogP contribution in [0.1, 0.15) is 34.5 Å². The lowest BCUT2D eigenvalue weighted by atomic mass is 9.91. The van der Waals surface area contributed by atoms with Gasteiger partial charge in [0.25, 0.3) is 5.91 Å². The molecule has 2 N–H and O–H groups in total. The predicted molar refractivity (Wildman–Crippen MR) is 126 cm³/mol. The number of methoxy groups -OCH3 is 2. The molecule has 0 aliphatic heterocycles. The maximum absolute atomic E-state index is 12.7. The Morgan fingerprint density at radius 1 is 1.03 bits per heavy atom. The van der Waals surface area contributed by atoms with Gasteiger partial charge in [-0.05, 0) is 23.3 Å². The fourth-order valence-electron chi connectivity index (χ4n) is 3.54. The van der Waals surface area contributed by atoms with Crippen LogP contribution in [-0.4, -0.2) is 48.8 Å². The number of pyridine rings is 1. The zero-order chi connectivity index (χ0) is 24.5. The third kappa shape index (κ3) is 6.25. The number of nitrogens with one attached hydrogen (secondary N) is 1. The van der Waals surface area contributed by atoms with E-state index in [1.807, 2.05) is 61.5 Å². The first kappa shape index (κ1) is 24.6. The summed E-state index contributed by atoms with van der Waals surface area (Å²) >= 11 is 0. The lowest BCUT2D eigenvalue weighted by Gasteiger charge is -2.25. The molecule has 2 unspecified atom stereocenters. The number of hydrogen-bond donors (Lipinski definition) is 2. The Kier molecular flexibility index (Phi) is 8.45. The Hall–Kier alpha value is -4.07. The zero-order valence-electron chi connectivity index (χ0n) is 19.4. The van der Waals surface area contributed by atoms with Gasteiger partial charge in [0, 0.05) is 24.6 Å². The molecule has 1 heterocycles. The van der Waals surface area contributed by atoms with Crippen LogP contribution in [0.3, 0.4) is 0 Å². The van der Waals surface area contributed by atoms with Gasteiger partial charge in [-0.15, -0.1) is 0 Å². The lowest BCUT2D eigenvalue weighted by molar-refractivity contribution is -0.148. The van der Waals surface area contributed by atoms with E-state index < -0.39 is 23.7 Å². The molecule has 0 aliphatic rings. The molecular weight excluding hydrogens is 436 g/mol. The Morgan fingerprint density at radius 2 is 1.79 bits per heavy atom. The highest BCUT2D eigenvalue weighted by molar-refractivity contribution is 5.97. The standard InChI is InChI=1S/C26H28N2O6/c1-17(19-9-5-4-6-10-19)22(15-18-8-7-11-20(14-18)32-2)34-23(29)16-28-26(31)24-25(30)21(33-3)12-13-27-24/h4-14,17,22,30H,15-16H2,1-3H3,(H,28,31). The molecule has 34 heavy (non-hydrogen) atoms. The van der Waals surface area contributed by atoms with Gasteiger partial charge in [-0.1, -0.05) is 49.4 Å². The van der Waals surface area contributed by atoms with Gasteiger partial charge in [0.1, 0.15) is 18.4 Å². The smallest absolute Gasteiger partial charge is 0.325 e. The molecule has 2 aromatic carbocycles. The van der Waals surface area contributed by atoms with Gasteiger partial charge in [0.15, 0.2) is 17.2 Å². The van der Waals surface area contributed by atoms with E-state index in [2.05, 4.69) is 10.3 Å². The quantitative estimate of drug-likeness (QED) is 0.442. The predicted octanol–water partition coefficient (Wildman–Crippen LogP) is 3.49. The summed E-state index contributed by atoms with van der Waals surface area (Å²) in [7, 11) is 2.96. The Morgan fingerprint density at radius 3 is 2.50 bits per heavy atom. The summed E-state index contributed by atoms with van der Waals surface area (Å²) in [5.41, 5.74) is 1.74. The summed E-state index contributed by atoms with van der Waals surface area (Å²) in [5.74, 6) is -0.994. The largest absolute Gasteiger partial charge is 0.503 e. The van der Waals surface area contributed by atoms with Crippen LogP contribution in [0.5, 0.6) is 17.2 Å². The zero-order valence-corrected chi connectivity index (χ0v) is 19.4. The maximum atomic E-state index is 12.7. The van der Waals surface area contributed by atoms with E-state index in [0.29, 0.717) is 12.2 Å². The fraction of sp³-hybridized carbons (Fsp3) is 0.269. The summed E-state index contributed by atoms with van der Waals surface area (Å²) in [4.78, 5) is 29.0. The van der Waals surface area contributed by atoms with Crippen LogP contribution in [0.25, 0.3) is 0 Å². The van der Waals surface area contributed by atoms with Crippen LogP contribution in [0.4, 0.5) is 0 Å². The van der Waals surface area contributed by atoms with E-state index >= 15 is 0 Å². The minimum atomic E-state index is -0.714. The molecule has 0 saturated heterocycles. The van der Waals surface area contributed by atoms with E-state index in [0.717, 1.165) is 11.1 Å². The number of carbonyl (C=O) groups excluding carboxylic acids is 2. The molecule has 0 spiro atoms. The average molecular weight is 465 g/mol. The first-order valence-corrected chi connectivity index (χ1v) is 10.8. The highest BCUT2D eigenvalue weighted by Gasteiger charge is 2.25. The molecule has 3 rings (SSSR count). The van der Waals surface area contributed by atoms with Crippen LogP contribution in [0.2, 0.25) is 0 Å². The van der Waals surface area contributed by atoms with Crippen molar-refractivity contribution in [3.05, 3.63) is 83.7 Å². The van der Waals surface area contributed by atoms with Crippen molar-refractivity contribution < 1.29 is 28.9 Å². The Balaban J connectivity index is 1.71. The van der Waals surface area contributed by atoms with Crippen molar-refractivity contribution in [1.82, 2.24) is 10.3 Å². The van der Waals surface area contributed by atoms with Gasteiger partial charge in [0.05, 0.1) is 14.2 Å². The van der Waals surface area contributed by atoms with Crippen molar-refractivity contribution in [1.29, 1.82) is 0 Å². The number of ether oxygens (including phenoxy) is 3. The van der Waals surface area contributed by atoms with Crippen LogP contribution >= 0.6 is 0 Å². The molecule has 0 radical (unpaired) electrons. The number of amides is 1. The van der Waals surface area contributed by atoms with Crippen molar-refractivity contribution in [2.75, 3.05) is 20.8 Å². The second kappa shape index (κ2) is 11.7. The Bertz CT molecular complexity index is 1120. The van der Waals surface area contributed by atoms with E-state index in [-0.39, 0.29) is 23.9 Å². The molecule has 0 bridgehead atoms. The summed E-state index contributed by atoms with van der Waals surface area (Å²) in [6.07, 6.45) is 1.31. The third-order valence-electron chi connectivity index (χ3n) is 5.45. The average Bonchev–Trinajstić information content (AvgIpc) is 2.87. The van der Waals surface area contributed by atoms with Crippen LogP contribution < -0.4 is 14.8 Å². The van der Waals surface area contributed by atoms with Crippen LogP contribution in [0, 0.1) is 0 Å². The van der Waals surface area contributed by atoms with Crippen LogP contribution in [-0.2, 0) is 16.0 Å². The number of nitrogens with zero attached hydrogens (tertiary/aromatic N) is 1. The first-order chi connectivity index (χ1) is 16.4. The molecule has 1 amide bonds. The number of aromatic nitrogens is 1. The molecule has 1 aromatic heterocycles. The monoisotopic (exact) mass is 464 g/mol. The van der Waals surface area contributed by atoms with E-state index in [9.17, 15) is 14.7 Å². The molecule has 3 aromatic rings. The fourth-order valence-corrected chi connectivity index (χ4v) is 3.54. The molecule has 0 fully saturated rings. The van der Waals surface area contributed by atoms with E-state index in [1.54, 1.807) is 7.11 Å². The summed E-state index contributed by atoms with van der Waals surface area (Å²) < 4.78 is 16.1. The molecule has 8 heteroatoms. The van der Waals surface area contributed by atoms with Gasteiger partial charge in [-0.2, -0.15) is 0 Å². The SMILES string of the molecule is COc1cccc(CC(OC(=O)CNC(=O)c2nccc(OC)c2O)C(C)c2ccccc2)c1. The van der Waals surface area contributed by atoms with Crippen molar-refractivity contribution >= 4 is 11.9 Å². The molecular formula is C26H28N2O6. The van der Waals surface area contributed by atoms with Gasteiger partial charge < -0.3 is 24.6 Å². The number of benzene rings is 2. The second-order valence-electron chi connectivity index (χ2n) is 7.68. The number of hydrogen-bond acceptors (Lipinski definition) is 7. The summed E-state index contributed by atoms with van der Waals surface area (Å²) in [6.45, 7) is 1.61. The minimum absolute atomic E-state index is 0.101. The number of esters is 1. The van der Waals surface area contributed by atoms with Gasteiger partial charge in [-0.3, -0.25) is 9.59 Å². The minimum Gasteiger partial charge on any atom is -0.503 e. The summed E-state index contributed by atoms with van der Waals surface area (Å²) in [5, 5.41) is 12.5. The van der Waals surface area contributed by atoms with E-state index in [1.165, 1.54) is 19.4 Å². The topological polar surface area (TPSA) is 107 Å². The second-order valence-corrected chi connectivity index (χ2v) is 7.68. The molecule has 0 aliphatic carbocycles. The van der Waals surface area contributed by atoms with Gasteiger partial charge in [0.2, 0.25) is 0 Å². The van der Waals surface area contributed by atoms with Gasteiger partial charge in [-0.25, -0.2) is 4.98 Å². The number of carbonyl (C=O) groups is 2. The van der Waals surface area contributed by atoms with Gasteiger partial charge >= 0.3 is 5.97 Å². The Labute approximate surface area is 198 Å². The van der Waals surface area contributed by atoms with Crippen molar-refractivity contribution in [3.63, 3.8) is 0 Å². The summed E-state index contributed by atoms with van der Waals surface area (Å²) in [6, 6.07) is 18.8. The third-order valence-corrected chi connectivity index (χ3v) is 5.45. The van der Waals surface area contributed by atoms with Crippen molar-refractivity contribution in [3.8, 4) is 17.2 Å². The number of rotatable bonds is 10. The highest BCUT2D eigenvalue weighted by atomic mass is 16.5. The maximum Gasteiger partial charge on any atom is 0.325 e. The molecule has 2 atom stereocenters. The normalized spacial score (nSPS) is 12.3. The number of aromatic hydroxyl groups is 1. The molecule has 8 nitrogen and oxygen atoms in total. The van der Waals surface area contributed by atoms with Crippen molar-refractivity contribution in [2.45, 2.75) is 25.4 Å². The molecule has 178 valence electrons. The lowest BCUT2D eigenvalue weighted by Crippen LogP contribution is -2.35. The van der Waals surface area contributed by atoms with Crippen LogP contribution in [0.15, 0.2) is 66.9 Å². The van der Waals surface area contributed by atoms with Crippen molar-refractivity contribution in [2.24, 2.45) is 0 Å². The first-order valence-electron chi connectivity index (χ1n) is 10.8. The van der Waals surface area contributed by atoms with E-state index in [4.69, 9.17) is 14.2 Å². The molecule has 0 saturated carbocycles.